The Morgan fingerprint density at radius 3 is 2.39 bits per heavy atom. The number of nitrogens with zero attached hydrogens (tertiary/aromatic N) is 2. The van der Waals surface area contributed by atoms with Crippen LogP contribution in [-0.2, 0) is 6.42 Å². The van der Waals surface area contributed by atoms with E-state index in [1.807, 2.05) is 31.2 Å². The predicted molar refractivity (Wildman–Crippen MR) is 106 cm³/mol. The third-order valence-electron chi connectivity index (χ3n) is 4.03. The molecule has 8 nitrogen and oxygen atoms in total. The number of aromatic nitrogens is 3. The number of hydrogen-bond donors (Lipinski definition) is 2. The van der Waals surface area contributed by atoms with Gasteiger partial charge in [0.1, 0.15) is 22.9 Å². The average molecular weight is 382 g/mol. The summed E-state index contributed by atoms with van der Waals surface area (Å²) in [7, 11) is 3.13. The summed E-state index contributed by atoms with van der Waals surface area (Å²) in [5.41, 5.74) is 1.60. The molecule has 0 spiro atoms. The van der Waals surface area contributed by atoms with Crippen LogP contribution in [-0.4, -0.2) is 36.0 Å². The van der Waals surface area contributed by atoms with Crippen molar-refractivity contribution in [3.8, 4) is 17.2 Å². The molecule has 3 rings (SSSR count). The number of H-pyrrole nitrogens is 1. The lowest BCUT2D eigenvalue weighted by Crippen LogP contribution is -2.19. The lowest BCUT2D eigenvalue weighted by molar-refractivity contribution is 0.340. The van der Waals surface area contributed by atoms with Crippen molar-refractivity contribution in [2.75, 3.05) is 26.1 Å². The van der Waals surface area contributed by atoms with Gasteiger partial charge in [-0.25, -0.2) is 0 Å². The van der Waals surface area contributed by atoms with Crippen molar-refractivity contribution < 1.29 is 14.2 Å². The number of methoxy groups -OCH3 is 2. The summed E-state index contributed by atoms with van der Waals surface area (Å²) in [5.74, 6) is 2.23. The molecule has 0 aliphatic carbocycles. The van der Waals surface area contributed by atoms with Gasteiger partial charge in [-0.1, -0.05) is 12.1 Å². The molecule has 146 valence electrons. The molecule has 0 atom stereocenters. The summed E-state index contributed by atoms with van der Waals surface area (Å²) in [6.45, 7) is 2.54. The summed E-state index contributed by atoms with van der Waals surface area (Å²) in [4.78, 5) is 15.1. The van der Waals surface area contributed by atoms with Gasteiger partial charge in [0.25, 0.3) is 5.56 Å². The molecule has 0 radical (unpaired) electrons. The Bertz CT molecular complexity index is 986. The highest BCUT2D eigenvalue weighted by atomic mass is 16.5. The van der Waals surface area contributed by atoms with Gasteiger partial charge in [-0.2, -0.15) is 0 Å². The number of aromatic amines is 1. The Kier molecular flexibility index (Phi) is 6.11. The third-order valence-corrected chi connectivity index (χ3v) is 4.03. The molecule has 0 unspecified atom stereocenters. The molecule has 2 N–H and O–H groups in total. The number of benzene rings is 2. The van der Waals surface area contributed by atoms with Crippen molar-refractivity contribution in [1.82, 2.24) is 15.2 Å². The van der Waals surface area contributed by atoms with Crippen LogP contribution in [0.15, 0.2) is 47.3 Å². The van der Waals surface area contributed by atoms with Crippen molar-refractivity contribution in [1.29, 1.82) is 0 Å². The molecule has 0 saturated heterocycles. The minimum atomic E-state index is -0.307. The first kappa shape index (κ1) is 19.2. The zero-order valence-electron chi connectivity index (χ0n) is 16.0. The van der Waals surface area contributed by atoms with Gasteiger partial charge < -0.3 is 19.5 Å². The minimum absolute atomic E-state index is 0.226. The molecule has 0 aliphatic heterocycles. The van der Waals surface area contributed by atoms with Crippen LogP contribution in [0.25, 0.3) is 0 Å². The maximum absolute atomic E-state index is 12.4. The molecule has 1 heterocycles. The van der Waals surface area contributed by atoms with E-state index in [0.717, 1.165) is 11.3 Å². The molecular weight excluding hydrogens is 360 g/mol. The fourth-order valence-electron chi connectivity index (χ4n) is 2.63. The second kappa shape index (κ2) is 8.90. The zero-order valence-corrected chi connectivity index (χ0v) is 16.0. The van der Waals surface area contributed by atoms with Gasteiger partial charge in [0.2, 0.25) is 5.95 Å². The van der Waals surface area contributed by atoms with Crippen LogP contribution in [0, 0.1) is 0 Å². The van der Waals surface area contributed by atoms with Gasteiger partial charge in [0.05, 0.1) is 26.5 Å². The largest absolute Gasteiger partial charge is 0.497 e. The van der Waals surface area contributed by atoms with Gasteiger partial charge in [-0.3, -0.25) is 9.78 Å². The number of ether oxygens (including phenoxy) is 3. The molecular formula is C20H22N4O4. The molecule has 0 aliphatic rings. The predicted octanol–water partition coefficient (Wildman–Crippen LogP) is 2.92. The van der Waals surface area contributed by atoms with Crippen LogP contribution < -0.4 is 25.1 Å². The Hall–Kier alpha value is -3.55. The number of rotatable bonds is 8. The van der Waals surface area contributed by atoms with E-state index >= 15 is 0 Å². The lowest BCUT2D eigenvalue weighted by atomic mass is 10.1. The van der Waals surface area contributed by atoms with Crippen molar-refractivity contribution in [3.05, 3.63) is 64.1 Å². The first-order chi connectivity index (χ1) is 13.6. The number of nitrogens with one attached hydrogen (secondary N) is 2. The van der Waals surface area contributed by atoms with E-state index in [2.05, 4.69) is 20.5 Å². The molecule has 8 heteroatoms. The van der Waals surface area contributed by atoms with E-state index < -0.39 is 0 Å². The number of hydrogen-bond acceptors (Lipinski definition) is 7. The first-order valence-electron chi connectivity index (χ1n) is 8.79. The Morgan fingerprint density at radius 2 is 1.75 bits per heavy atom. The van der Waals surface area contributed by atoms with E-state index in [9.17, 15) is 4.79 Å². The zero-order chi connectivity index (χ0) is 19.9. The van der Waals surface area contributed by atoms with E-state index in [0.29, 0.717) is 35.9 Å². The second-order valence-corrected chi connectivity index (χ2v) is 5.89. The normalized spacial score (nSPS) is 10.4. The topological polar surface area (TPSA) is 98.4 Å². The fraction of sp³-hybridized carbons (Fsp3) is 0.250. The van der Waals surface area contributed by atoms with Gasteiger partial charge in [-0.05, 0) is 36.8 Å². The molecule has 0 fully saturated rings. The minimum Gasteiger partial charge on any atom is -0.497 e. The molecule has 0 saturated carbocycles. The molecule has 2 aromatic carbocycles. The van der Waals surface area contributed by atoms with Gasteiger partial charge >= 0.3 is 0 Å². The van der Waals surface area contributed by atoms with Crippen LogP contribution in [0.1, 0.15) is 18.2 Å². The SMILES string of the molecule is CCOc1ccc(Cc2nnc(Nc3ccc(OC)cc3OC)[nH]c2=O)cc1. The Labute approximate surface area is 162 Å². The van der Waals surface area contributed by atoms with Crippen molar-refractivity contribution in [2.45, 2.75) is 13.3 Å². The molecule has 0 bridgehead atoms. The van der Waals surface area contributed by atoms with E-state index in [-0.39, 0.29) is 11.5 Å². The molecule has 3 aromatic rings. The first-order valence-corrected chi connectivity index (χ1v) is 8.79. The van der Waals surface area contributed by atoms with Gasteiger partial charge in [0.15, 0.2) is 0 Å². The van der Waals surface area contributed by atoms with Crippen molar-refractivity contribution >= 4 is 11.6 Å². The maximum atomic E-state index is 12.4. The lowest BCUT2D eigenvalue weighted by Gasteiger charge is -2.11. The summed E-state index contributed by atoms with van der Waals surface area (Å²) in [6.07, 6.45) is 0.376. The van der Waals surface area contributed by atoms with Crippen LogP contribution in [0.5, 0.6) is 17.2 Å². The third kappa shape index (κ3) is 4.59. The quantitative estimate of drug-likeness (QED) is 0.618. The molecule has 0 amide bonds. The summed E-state index contributed by atoms with van der Waals surface area (Å²) < 4.78 is 15.9. The van der Waals surface area contributed by atoms with Crippen molar-refractivity contribution in [2.24, 2.45) is 0 Å². The smallest absolute Gasteiger partial charge is 0.274 e. The highest BCUT2D eigenvalue weighted by Crippen LogP contribution is 2.30. The summed E-state index contributed by atoms with van der Waals surface area (Å²) >= 11 is 0. The molecule has 28 heavy (non-hydrogen) atoms. The van der Waals surface area contributed by atoms with Crippen LogP contribution in [0.4, 0.5) is 11.6 Å². The fourth-order valence-corrected chi connectivity index (χ4v) is 2.63. The Morgan fingerprint density at radius 1 is 1.00 bits per heavy atom. The average Bonchev–Trinajstić information content (AvgIpc) is 2.72. The Balaban J connectivity index is 1.74. The highest BCUT2D eigenvalue weighted by Gasteiger charge is 2.10. The van der Waals surface area contributed by atoms with Gasteiger partial charge in [-0.15, -0.1) is 10.2 Å². The highest BCUT2D eigenvalue weighted by molar-refractivity contribution is 5.64. The van der Waals surface area contributed by atoms with E-state index in [1.165, 1.54) is 0 Å². The van der Waals surface area contributed by atoms with Crippen LogP contribution in [0.2, 0.25) is 0 Å². The maximum Gasteiger partial charge on any atom is 0.274 e. The standard InChI is InChI=1S/C20H22N4O4/c1-4-28-14-7-5-13(6-8-14)11-17-19(25)22-20(24-23-17)21-16-10-9-15(26-2)12-18(16)27-3/h5-10,12H,4,11H2,1-3H3,(H2,21,22,24,25). The van der Waals surface area contributed by atoms with Crippen LogP contribution in [0.3, 0.4) is 0 Å². The van der Waals surface area contributed by atoms with E-state index in [1.54, 1.807) is 32.4 Å². The van der Waals surface area contributed by atoms with Crippen LogP contribution >= 0.6 is 0 Å². The molecule has 1 aromatic heterocycles. The second-order valence-electron chi connectivity index (χ2n) is 5.89. The van der Waals surface area contributed by atoms with Crippen molar-refractivity contribution in [3.63, 3.8) is 0 Å². The number of anilines is 2. The van der Waals surface area contributed by atoms with E-state index in [4.69, 9.17) is 14.2 Å². The monoisotopic (exact) mass is 382 g/mol. The van der Waals surface area contributed by atoms with Gasteiger partial charge in [0, 0.05) is 12.5 Å². The summed E-state index contributed by atoms with van der Waals surface area (Å²) in [6, 6.07) is 12.8. The summed E-state index contributed by atoms with van der Waals surface area (Å²) in [5, 5.41) is 11.1.